The van der Waals surface area contributed by atoms with Crippen LogP contribution in [-0.4, -0.2) is 42.3 Å². The largest absolute Gasteiger partial charge is 0.359 e. The van der Waals surface area contributed by atoms with Crippen LogP contribution in [0, 0.1) is 11.7 Å². The number of halogens is 1. The molecule has 5 nitrogen and oxygen atoms in total. The summed E-state index contributed by atoms with van der Waals surface area (Å²) in [4.78, 5) is 28.2. The molecule has 0 aliphatic carbocycles. The Balaban J connectivity index is 2.74. The van der Waals surface area contributed by atoms with Gasteiger partial charge in [-0.05, 0) is 6.07 Å². The van der Waals surface area contributed by atoms with Crippen molar-refractivity contribution in [2.24, 2.45) is 5.92 Å². The zero-order valence-electron chi connectivity index (χ0n) is 10.6. The highest BCUT2D eigenvalue weighted by atomic mass is 19.1. The molecule has 0 bridgehead atoms. The fraction of sp³-hybridized carbons (Fsp3) is 0.417. The number of hydrogen-bond donors (Lipinski definition) is 1. The Bertz CT molecular complexity index is 451. The van der Waals surface area contributed by atoms with Gasteiger partial charge in [0.15, 0.2) is 5.82 Å². The van der Waals surface area contributed by atoms with Crippen molar-refractivity contribution in [2.75, 3.05) is 20.6 Å². The van der Waals surface area contributed by atoms with E-state index in [1.54, 1.807) is 6.92 Å². The van der Waals surface area contributed by atoms with Gasteiger partial charge >= 0.3 is 0 Å². The highest BCUT2D eigenvalue weighted by Crippen LogP contribution is 2.09. The minimum absolute atomic E-state index is 0.0448. The highest BCUT2D eigenvalue weighted by Gasteiger charge is 2.20. The van der Waals surface area contributed by atoms with E-state index in [4.69, 9.17) is 0 Å². The Morgan fingerprint density at radius 1 is 1.56 bits per heavy atom. The van der Waals surface area contributed by atoms with Crippen molar-refractivity contribution in [1.82, 2.24) is 15.2 Å². The number of nitrogens with zero attached hydrogens (tertiary/aromatic N) is 2. The fourth-order valence-corrected chi connectivity index (χ4v) is 1.58. The Morgan fingerprint density at radius 3 is 2.78 bits per heavy atom. The summed E-state index contributed by atoms with van der Waals surface area (Å²) in [7, 11) is 3.06. The molecular weight excluding hydrogens is 237 g/mol. The monoisotopic (exact) mass is 253 g/mol. The summed E-state index contributed by atoms with van der Waals surface area (Å²) in [5.74, 6) is -1.65. The molecule has 18 heavy (non-hydrogen) atoms. The van der Waals surface area contributed by atoms with E-state index < -0.39 is 11.7 Å². The van der Waals surface area contributed by atoms with E-state index >= 15 is 0 Å². The standard InChI is InChI=1S/C12H16FN3O2/c1-8(11(17)14-2)7-16(3)12(18)9-4-5-15-6-10(9)13/h4-6,8H,7H2,1-3H3,(H,14,17). The van der Waals surface area contributed by atoms with Crippen LogP contribution in [0.1, 0.15) is 17.3 Å². The van der Waals surface area contributed by atoms with Crippen molar-refractivity contribution in [3.05, 3.63) is 29.8 Å². The molecule has 1 aromatic heterocycles. The maximum atomic E-state index is 13.4. The van der Waals surface area contributed by atoms with Crippen molar-refractivity contribution in [3.63, 3.8) is 0 Å². The normalized spacial score (nSPS) is 11.8. The molecule has 0 spiro atoms. The Morgan fingerprint density at radius 2 is 2.22 bits per heavy atom. The summed E-state index contributed by atoms with van der Waals surface area (Å²) in [6.07, 6.45) is 2.34. The molecular formula is C12H16FN3O2. The zero-order valence-corrected chi connectivity index (χ0v) is 10.6. The molecule has 98 valence electrons. The van der Waals surface area contributed by atoms with Crippen LogP contribution in [0.15, 0.2) is 18.5 Å². The lowest BCUT2D eigenvalue weighted by Crippen LogP contribution is -2.37. The first-order valence-electron chi connectivity index (χ1n) is 5.54. The first-order chi connectivity index (χ1) is 8.47. The number of hydrogen-bond acceptors (Lipinski definition) is 3. The van der Waals surface area contributed by atoms with E-state index in [0.717, 1.165) is 6.20 Å². The molecule has 1 atom stereocenters. The van der Waals surface area contributed by atoms with E-state index in [1.807, 2.05) is 0 Å². The number of rotatable bonds is 4. The minimum Gasteiger partial charge on any atom is -0.359 e. The SMILES string of the molecule is CNC(=O)C(C)CN(C)C(=O)c1ccncc1F. The van der Waals surface area contributed by atoms with Crippen molar-refractivity contribution in [3.8, 4) is 0 Å². The third-order valence-corrected chi connectivity index (χ3v) is 2.59. The number of pyridine rings is 1. The van der Waals surface area contributed by atoms with E-state index in [2.05, 4.69) is 10.3 Å². The van der Waals surface area contributed by atoms with Gasteiger partial charge in [0.05, 0.1) is 17.7 Å². The summed E-state index contributed by atoms with van der Waals surface area (Å²) in [5.41, 5.74) is -0.0448. The van der Waals surface area contributed by atoms with E-state index in [9.17, 15) is 14.0 Å². The molecule has 0 fully saturated rings. The quantitative estimate of drug-likeness (QED) is 0.858. The van der Waals surface area contributed by atoms with Gasteiger partial charge in [0.25, 0.3) is 5.91 Å². The smallest absolute Gasteiger partial charge is 0.256 e. The third-order valence-electron chi connectivity index (χ3n) is 2.59. The molecule has 6 heteroatoms. The average molecular weight is 253 g/mol. The van der Waals surface area contributed by atoms with Gasteiger partial charge in [-0.3, -0.25) is 14.6 Å². The van der Waals surface area contributed by atoms with Crippen LogP contribution in [0.3, 0.4) is 0 Å². The molecule has 1 N–H and O–H groups in total. The minimum atomic E-state index is -0.665. The van der Waals surface area contributed by atoms with Crippen LogP contribution in [-0.2, 0) is 4.79 Å². The molecule has 0 radical (unpaired) electrons. The molecule has 0 aliphatic rings. The molecule has 1 aromatic rings. The summed E-state index contributed by atoms with van der Waals surface area (Å²) < 4.78 is 13.4. The fourth-order valence-electron chi connectivity index (χ4n) is 1.58. The molecule has 1 rings (SSSR count). The topological polar surface area (TPSA) is 62.3 Å². The zero-order chi connectivity index (χ0) is 13.7. The van der Waals surface area contributed by atoms with Crippen LogP contribution in [0.5, 0.6) is 0 Å². The summed E-state index contributed by atoms with van der Waals surface area (Å²) in [5, 5.41) is 2.50. The predicted molar refractivity (Wildman–Crippen MR) is 64.4 cm³/mol. The van der Waals surface area contributed by atoms with E-state index in [0.29, 0.717) is 0 Å². The van der Waals surface area contributed by atoms with Crippen molar-refractivity contribution in [1.29, 1.82) is 0 Å². The summed E-state index contributed by atoms with van der Waals surface area (Å²) in [6, 6.07) is 1.32. The second-order valence-corrected chi connectivity index (χ2v) is 4.06. The van der Waals surface area contributed by atoms with Gasteiger partial charge in [-0.1, -0.05) is 6.92 Å². The molecule has 2 amide bonds. The third kappa shape index (κ3) is 3.26. The summed E-state index contributed by atoms with van der Waals surface area (Å²) >= 11 is 0. The van der Waals surface area contributed by atoms with Crippen LogP contribution >= 0.6 is 0 Å². The number of carbonyl (C=O) groups excluding carboxylic acids is 2. The van der Waals surface area contributed by atoms with Crippen LogP contribution < -0.4 is 5.32 Å². The van der Waals surface area contributed by atoms with Crippen LogP contribution in [0.4, 0.5) is 4.39 Å². The second kappa shape index (κ2) is 6.09. The highest BCUT2D eigenvalue weighted by molar-refractivity contribution is 5.94. The number of amides is 2. The Hall–Kier alpha value is -1.98. The van der Waals surface area contributed by atoms with Crippen molar-refractivity contribution < 1.29 is 14.0 Å². The average Bonchev–Trinajstić information content (AvgIpc) is 2.37. The van der Waals surface area contributed by atoms with Crippen LogP contribution in [0.25, 0.3) is 0 Å². The van der Waals surface area contributed by atoms with Crippen LogP contribution in [0.2, 0.25) is 0 Å². The first kappa shape index (κ1) is 14.1. The predicted octanol–water partition coefficient (Wildman–Crippen LogP) is 0.675. The number of aromatic nitrogens is 1. The molecule has 0 aromatic carbocycles. The molecule has 0 saturated heterocycles. The molecule has 0 aliphatic heterocycles. The maximum Gasteiger partial charge on any atom is 0.256 e. The Labute approximate surface area is 105 Å². The molecule has 1 heterocycles. The van der Waals surface area contributed by atoms with Gasteiger partial charge in [-0.2, -0.15) is 0 Å². The van der Waals surface area contributed by atoms with Gasteiger partial charge in [0, 0.05) is 26.8 Å². The molecule has 1 unspecified atom stereocenters. The number of carbonyl (C=O) groups is 2. The molecule has 0 saturated carbocycles. The lowest BCUT2D eigenvalue weighted by molar-refractivity contribution is -0.124. The van der Waals surface area contributed by atoms with Gasteiger partial charge in [-0.25, -0.2) is 4.39 Å². The van der Waals surface area contributed by atoms with Gasteiger partial charge in [-0.15, -0.1) is 0 Å². The van der Waals surface area contributed by atoms with E-state index in [1.165, 1.54) is 31.3 Å². The van der Waals surface area contributed by atoms with Gasteiger partial charge in [0.2, 0.25) is 5.91 Å². The van der Waals surface area contributed by atoms with Crippen molar-refractivity contribution >= 4 is 11.8 Å². The second-order valence-electron chi connectivity index (χ2n) is 4.06. The number of nitrogens with one attached hydrogen (secondary N) is 1. The lowest BCUT2D eigenvalue weighted by Gasteiger charge is -2.20. The first-order valence-corrected chi connectivity index (χ1v) is 5.54. The summed E-state index contributed by atoms with van der Waals surface area (Å²) in [6.45, 7) is 1.92. The van der Waals surface area contributed by atoms with Crippen molar-refractivity contribution in [2.45, 2.75) is 6.92 Å². The van der Waals surface area contributed by atoms with Gasteiger partial charge < -0.3 is 10.2 Å². The van der Waals surface area contributed by atoms with Gasteiger partial charge in [0.1, 0.15) is 0 Å². The maximum absolute atomic E-state index is 13.4. The van der Waals surface area contributed by atoms with E-state index in [-0.39, 0.29) is 23.9 Å². The Kier molecular flexibility index (Phi) is 4.76. The lowest BCUT2D eigenvalue weighted by atomic mass is 10.1.